The average Bonchev–Trinajstić information content (AvgIpc) is 2.60. The second-order valence-electron chi connectivity index (χ2n) is 5.69. The van der Waals surface area contributed by atoms with E-state index in [4.69, 9.17) is 4.74 Å². The van der Waals surface area contributed by atoms with Gasteiger partial charge in [-0.25, -0.2) is 8.42 Å². The maximum atomic E-state index is 12.7. The predicted octanol–water partition coefficient (Wildman–Crippen LogP) is 1.19. The van der Waals surface area contributed by atoms with Gasteiger partial charge < -0.3 is 15.4 Å². The highest BCUT2D eigenvalue weighted by atomic mass is 32.2. The van der Waals surface area contributed by atoms with Crippen LogP contribution >= 0.6 is 11.8 Å². The first-order chi connectivity index (χ1) is 11.5. The van der Waals surface area contributed by atoms with E-state index in [1.807, 2.05) is 6.26 Å². The Hall–Kier alpha value is -1.29. The molecule has 0 radical (unpaired) electrons. The summed E-state index contributed by atoms with van der Waals surface area (Å²) in [5.41, 5.74) is 1.26. The molecular weight excluding hydrogens is 350 g/mol. The van der Waals surface area contributed by atoms with Gasteiger partial charge in [0.1, 0.15) is 6.04 Å². The number of thioether (sulfide) groups is 1. The van der Waals surface area contributed by atoms with Crippen LogP contribution in [0.2, 0.25) is 0 Å². The van der Waals surface area contributed by atoms with Gasteiger partial charge in [-0.1, -0.05) is 0 Å². The molecule has 132 valence electrons. The second kappa shape index (κ2) is 7.30. The molecule has 2 aliphatic heterocycles. The molecule has 1 aromatic rings. The number of nitrogens with zero attached hydrogens (tertiary/aromatic N) is 1. The van der Waals surface area contributed by atoms with Crippen LogP contribution in [-0.4, -0.2) is 63.0 Å². The molecule has 1 atom stereocenters. The standard InChI is InChI=1S/C15H21N3O4S2/c1-23-9-4-13-15(19)17-14-10-11(2-3-12(14)16-13)24(20,21)18-5-7-22-8-6-18/h2-3,10,13,16H,4-9H2,1H3,(H,17,19)/t13-/m1/s1. The van der Waals surface area contributed by atoms with E-state index in [9.17, 15) is 13.2 Å². The van der Waals surface area contributed by atoms with Gasteiger partial charge in [0, 0.05) is 13.1 Å². The summed E-state index contributed by atoms with van der Waals surface area (Å²) in [7, 11) is -3.57. The lowest BCUT2D eigenvalue weighted by molar-refractivity contribution is -0.117. The number of carbonyl (C=O) groups excluding carboxylic acids is 1. The van der Waals surface area contributed by atoms with E-state index in [1.165, 1.54) is 10.4 Å². The molecule has 0 unspecified atom stereocenters. The quantitative estimate of drug-likeness (QED) is 0.809. The molecule has 0 bridgehead atoms. The Morgan fingerprint density at radius 1 is 1.29 bits per heavy atom. The highest BCUT2D eigenvalue weighted by molar-refractivity contribution is 7.98. The van der Waals surface area contributed by atoms with E-state index in [-0.39, 0.29) is 16.8 Å². The maximum absolute atomic E-state index is 12.7. The van der Waals surface area contributed by atoms with Crippen LogP contribution in [0.1, 0.15) is 6.42 Å². The van der Waals surface area contributed by atoms with E-state index < -0.39 is 10.0 Å². The van der Waals surface area contributed by atoms with Crippen LogP contribution < -0.4 is 10.6 Å². The van der Waals surface area contributed by atoms with Gasteiger partial charge >= 0.3 is 0 Å². The number of amides is 1. The summed E-state index contributed by atoms with van der Waals surface area (Å²) in [6.07, 6.45) is 2.72. The number of ether oxygens (including phenoxy) is 1. The number of nitrogens with one attached hydrogen (secondary N) is 2. The van der Waals surface area contributed by atoms with E-state index in [0.717, 1.165) is 17.9 Å². The Morgan fingerprint density at radius 2 is 2.04 bits per heavy atom. The molecule has 0 saturated carbocycles. The zero-order chi connectivity index (χ0) is 17.2. The molecule has 1 aromatic carbocycles. The largest absolute Gasteiger partial charge is 0.379 e. The number of hydrogen-bond acceptors (Lipinski definition) is 6. The van der Waals surface area contributed by atoms with Gasteiger partial charge in [0.25, 0.3) is 0 Å². The van der Waals surface area contributed by atoms with Gasteiger partial charge in [0.2, 0.25) is 15.9 Å². The third-order valence-corrected chi connectivity index (χ3v) is 6.65. The summed E-state index contributed by atoms with van der Waals surface area (Å²) in [4.78, 5) is 12.4. The summed E-state index contributed by atoms with van der Waals surface area (Å²) in [6.45, 7) is 1.50. The Morgan fingerprint density at radius 3 is 2.75 bits per heavy atom. The highest BCUT2D eigenvalue weighted by Gasteiger charge is 2.29. The number of carbonyl (C=O) groups is 1. The lowest BCUT2D eigenvalue weighted by atomic mass is 10.1. The van der Waals surface area contributed by atoms with E-state index in [2.05, 4.69) is 10.6 Å². The first kappa shape index (κ1) is 17.5. The van der Waals surface area contributed by atoms with Crippen LogP contribution in [0.25, 0.3) is 0 Å². The van der Waals surface area contributed by atoms with Crippen LogP contribution in [0.5, 0.6) is 0 Å². The first-order valence-electron chi connectivity index (χ1n) is 7.80. The van der Waals surface area contributed by atoms with Gasteiger partial charge in [-0.3, -0.25) is 4.79 Å². The number of fused-ring (bicyclic) bond motifs is 1. The van der Waals surface area contributed by atoms with Gasteiger partial charge in [-0.05, 0) is 36.6 Å². The molecule has 2 aliphatic rings. The molecule has 0 aliphatic carbocycles. The number of morpholine rings is 1. The molecule has 2 N–H and O–H groups in total. The van der Waals surface area contributed by atoms with Crippen molar-refractivity contribution in [3.63, 3.8) is 0 Å². The minimum Gasteiger partial charge on any atom is -0.379 e. The number of sulfonamides is 1. The van der Waals surface area contributed by atoms with Crippen LogP contribution in [0.3, 0.4) is 0 Å². The molecule has 2 heterocycles. The van der Waals surface area contributed by atoms with Crippen molar-refractivity contribution in [3.8, 4) is 0 Å². The van der Waals surface area contributed by atoms with Crippen molar-refractivity contribution in [2.45, 2.75) is 17.4 Å². The number of hydrogen-bond donors (Lipinski definition) is 2. The van der Waals surface area contributed by atoms with Crippen molar-refractivity contribution >= 4 is 39.1 Å². The SMILES string of the molecule is CSCC[C@H]1Nc2ccc(S(=O)(=O)N3CCOCC3)cc2NC1=O. The minimum atomic E-state index is -3.57. The van der Waals surface area contributed by atoms with Gasteiger partial charge in [0.05, 0.1) is 29.5 Å². The van der Waals surface area contributed by atoms with Crippen molar-refractivity contribution in [2.75, 3.05) is 48.9 Å². The molecule has 9 heteroatoms. The predicted molar refractivity (Wildman–Crippen MR) is 95.1 cm³/mol. The molecule has 1 fully saturated rings. The number of anilines is 2. The molecule has 1 amide bonds. The minimum absolute atomic E-state index is 0.127. The zero-order valence-corrected chi connectivity index (χ0v) is 15.1. The zero-order valence-electron chi connectivity index (χ0n) is 13.4. The molecule has 1 saturated heterocycles. The van der Waals surface area contributed by atoms with E-state index in [1.54, 1.807) is 23.9 Å². The Labute approximate surface area is 146 Å². The third kappa shape index (κ3) is 3.53. The number of rotatable bonds is 5. The summed E-state index contributed by atoms with van der Waals surface area (Å²) in [6, 6.07) is 4.54. The Balaban J connectivity index is 1.82. The van der Waals surface area contributed by atoms with Crippen molar-refractivity contribution in [3.05, 3.63) is 18.2 Å². The summed E-state index contributed by atoms with van der Waals surface area (Å²) in [5.74, 6) is 0.752. The van der Waals surface area contributed by atoms with E-state index >= 15 is 0 Å². The van der Waals surface area contributed by atoms with Crippen LogP contribution in [0, 0.1) is 0 Å². The fourth-order valence-corrected chi connectivity index (χ4v) is 4.67. The summed E-state index contributed by atoms with van der Waals surface area (Å²) in [5, 5.41) is 6.00. The third-order valence-electron chi connectivity index (χ3n) is 4.11. The van der Waals surface area contributed by atoms with Crippen molar-refractivity contribution in [1.82, 2.24) is 4.31 Å². The highest BCUT2D eigenvalue weighted by Crippen LogP contribution is 2.31. The monoisotopic (exact) mass is 371 g/mol. The lowest BCUT2D eigenvalue weighted by Gasteiger charge is -2.29. The molecule has 3 rings (SSSR count). The van der Waals surface area contributed by atoms with Crippen LogP contribution in [0.15, 0.2) is 23.1 Å². The fraction of sp³-hybridized carbons (Fsp3) is 0.533. The Kier molecular flexibility index (Phi) is 5.33. The molecule has 7 nitrogen and oxygen atoms in total. The lowest BCUT2D eigenvalue weighted by Crippen LogP contribution is -2.41. The van der Waals surface area contributed by atoms with Crippen molar-refractivity contribution < 1.29 is 17.9 Å². The smallest absolute Gasteiger partial charge is 0.246 e. The summed E-state index contributed by atoms with van der Waals surface area (Å²) < 4.78 is 32.0. The van der Waals surface area contributed by atoms with E-state index in [0.29, 0.717) is 32.0 Å². The van der Waals surface area contributed by atoms with Crippen LogP contribution in [0.4, 0.5) is 11.4 Å². The topological polar surface area (TPSA) is 87.7 Å². The normalized spacial score (nSPS) is 21.7. The maximum Gasteiger partial charge on any atom is 0.246 e. The Bertz CT molecular complexity index is 717. The van der Waals surface area contributed by atoms with Crippen molar-refractivity contribution in [2.24, 2.45) is 0 Å². The molecular formula is C15H21N3O4S2. The molecule has 0 spiro atoms. The van der Waals surface area contributed by atoms with Gasteiger partial charge in [-0.15, -0.1) is 0 Å². The number of benzene rings is 1. The molecule has 24 heavy (non-hydrogen) atoms. The molecule has 0 aromatic heterocycles. The van der Waals surface area contributed by atoms with Gasteiger partial charge in [-0.2, -0.15) is 16.1 Å². The second-order valence-corrected chi connectivity index (χ2v) is 8.62. The van der Waals surface area contributed by atoms with Crippen LogP contribution in [-0.2, 0) is 19.6 Å². The average molecular weight is 371 g/mol. The fourth-order valence-electron chi connectivity index (χ4n) is 2.76. The van der Waals surface area contributed by atoms with Crippen molar-refractivity contribution in [1.29, 1.82) is 0 Å². The van der Waals surface area contributed by atoms with Gasteiger partial charge in [0.15, 0.2) is 0 Å². The first-order valence-corrected chi connectivity index (χ1v) is 10.6. The summed E-state index contributed by atoms with van der Waals surface area (Å²) >= 11 is 1.69.